The number of rotatable bonds is 6. The summed E-state index contributed by atoms with van der Waals surface area (Å²) in [5.41, 5.74) is 1.99. The van der Waals surface area contributed by atoms with Crippen LogP contribution in [0.15, 0.2) is 24.3 Å². The average Bonchev–Trinajstić information content (AvgIpc) is 3.48. The third-order valence-electron chi connectivity index (χ3n) is 6.30. The third kappa shape index (κ3) is 4.66. The number of nitrogens with one attached hydrogen (secondary N) is 1. The van der Waals surface area contributed by atoms with Crippen molar-refractivity contribution < 1.29 is 9.59 Å². The molecule has 1 N–H and O–H groups in total. The molecule has 2 fully saturated rings. The van der Waals surface area contributed by atoms with Gasteiger partial charge in [-0.25, -0.2) is 0 Å². The van der Waals surface area contributed by atoms with Crippen LogP contribution >= 0.6 is 11.6 Å². The van der Waals surface area contributed by atoms with E-state index in [1.807, 2.05) is 31.2 Å². The average molecular weight is 391 g/mol. The van der Waals surface area contributed by atoms with Crippen LogP contribution in [0.2, 0.25) is 0 Å². The molecule has 5 heteroatoms. The fourth-order valence-electron chi connectivity index (χ4n) is 4.21. The molecule has 0 heterocycles. The van der Waals surface area contributed by atoms with E-state index in [1.54, 1.807) is 4.90 Å². The maximum Gasteiger partial charge on any atom is 0.247 e. The van der Waals surface area contributed by atoms with E-state index in [4.69, 9.17) is 11.6 Å². The highest BCUT2D eigenvalue weighted by Crippen LogP contribution is 2.36. The number of amides is 2. The second-order valence-electron chi connectivity index (χ2n) is 8.36. The minimum Gasteiger partial charge on any atom is -0.351 e. The number of carbonyl (C=O) groups is 2. The summed E-state index contributed by atoms with van der Waals surface area (Å²) in [4.78, 5) is 27.7. The van der Waals surface area contributed by atoms with E-state index in [1.165, 1.54) is 6.42 Å². The maximum absolute atomic E-state index is 13.4. The van der Waals surface area contributed by atoms with Crippen LogP contribution < -0.4 is 5.32 Å². The van der Waals surface area contributed by atoms with Gasteiger partial charge in [0.25, 0.3) is 0 Å². The summed E-state index contributed by atoms with van der Waals surface area (Å²) in [5.74, 6) is 0.716. The van der Waals surface area contributed by atoms with Gasteiger partial charge in [-0.05, 0) is 43.6 Å². The summed E-state index contributed by atoms with van der Waals surface area (Å²) < 4.78 is 0. The summed E-state index contributed by atoms with van der Waals surface area (Å²) in [7, 11) is 0. The number of alkyl halides is 1. The Bertz CT molecular complexity index is 671. The molecule has 1 aromatic carbocycles. The highest BCUT2D eigenvalue weighted by Gasteiger charge is 2.42. The molecule has 2 saturated carbocycles. The predicted octanol–water partition coefficient (Wildman–Crippen LogP) is 4.21. The summed E-state index contributed by atoms with van der Waals surface area (Å²) in [6.45, 7) is 6.50. The largest absolute Gasteiger partial charge is 0.351 e. The van der Waals surface area contributed by atoms with E-state index in [9.17, 15) is 9.59 Å². The lowest BCUT2D eigenvalue weighted by molar-refractivity contribution is -0.140. The molecule has 2 amide bonds. The molecule has 2 aliphatic carbocycles. The number of carbonyl (C=O) groups excluding carboxylic acids is 2. The summed E-state index contributed by atoms with van der Waals surface area (Å²) >= 11 is 5.89. The van der Waals surface area contributed by atoms with E-state index < -0.39 is 6.04 Å². The van der Waals surface area contributed by atoms with Gasteiger partial charge in [0.15, 0.2) is 0 Å². The monoisotopic (exact) mass is 390 g/mol. The number of nitrogens with zero attached hydrogens (tertiary/aromatic N) is 1. The second-order valence-corrected chi connectivity index (χ2v) is 8.63. The zero-order valence-electron chi connectivity index (χ0n) is 16.6. The number of hydrogen-bond acceptors (Lipinski definition) is 2. The standard InChI is InChI=1S/C22H31ClN2O2/c1-14-7-9-17(10-8-14)21(25(18-11-12-18)20(26)13-23)22(27)24-19-6-4-5-15(2)16(19)3/h7-10,15-16,18-19,21H,4-6,11-13H2,1-3H3,(H,24,27)/t15-,16-,19-,21-/m1/s1. The highest BCUT2D eigenvalue weighted by molar-refractivity contribution is 6.27. The minimum atomic E-state index is -0.603. The summed E-state index contributed by atoms with van der Waals surface area (Å²) in [6, 6.07) is 7.60. The number of benzene rings is 1. The second kappa shape index (κ2) is 8.64. The predicted molar refractivity (Wildman–Crippen MR) is 109 cm³/mol. The van der Waals surface area contributed by atoms with Crippen LogP contribution in [0.4, 0.5) is 0 Å². The third-order valence-corrected chi connectivity index (χ3v) is 6.53. The Hall–Kier alpha value is -1.55. The summed E-state index contributed by atoms with van der Waals surface area (Å²) in [5, 5.41) is 3.28. The van der Waals surface area contributed by atoms with E-state index >= 15 is 0 Å². The number of halogens is 1. The van der Waals surface area contributed by atoms with Crippen LogP contribution in [0, 0.1) is 18.8 Å². The van der Waals surface area contributed by atoms with Gasteiger partial charge in [-0.2, -0.15) is 0 Å². The molecule has 0 saturated heterocycles. The quantitative estimate of drug-likeness (QED) is 0.740. The van der Waals surface area contributed by atoms with E-state index in [0.29, 0.717) is 11.8 Å². The Labute approximate surface area is 167 Å². The van der Waals surface area contributed by atoms with E-state index in [0.717, 1.165) is 36.8 Å². The van der Waals surface area contributed by atoms with Crippen molar-refractivity contribution in [2.24, 2.45) is 11.8 Å². The first kappa shape index (κ1) is 20.2. The maximum atomic E-state index is 13.4. The van der Waals surface area contributed by atoms with Crippen LogP contribution in [0.25, 0.3) is 0 Å². The fraction of sp³-hybridized carbons (Fsp3) is 0.636. The minimum absolute atomic E-state index is 0.0739. The van der Waals surface area contributed by atoms with Gasteiger partial charge >= 0.3 is 0 Å². The van der Waals surface area contributed by atoms with Crippen molar-refractivity contribution in [1.29, 1.82) is 0 Å². The zero-order valence-corrected chi connectivity index (χ0v) is 17.3. The van der Waals surface area contributed by atoms with Crippen LogP contribution in [0.5, 0.6) is 0 Å². The molecule has 0 radical (unpaired) electrons. The van der Waals surface area contributed by atoms with Gasteiger partial charge in [-0.1, -0.05) is 56.5 Å². The molecular weight excluding hydrogens is 360 g/mol. The number of aryl methyl sites for hydroxylation is 1. The normalized spacial score (nSPS) is 26.3. The molecule has 3 rings (SSSR count). The Morgan fingerprint density at radius 3 is 2.41 bits per heavy atom. The van der Waals surface area contributed by atoms with Crippen LogP contribution in [-0.2, 0) is 9.59 Å². The van der Waals surface area contributed by atoms with Crippen LogP contribution in [-0.4, -0.2) is 34.7 Å². The van der Waals surface area contributed by atoms with Crippen molar-refractivity contribution in [2.45, 2.75) is 71.0 Å². The van der Waals surface area contributed by atoms with Gasteiger partial charge in [0, 0.05) is 12.1 Å². The molecule has 27 heavy (non-hydrogen) atoms. The first-order valence-electron chi connectivity index (χ1n) is 10.2. The topological polar surface area (TPSA) is 49.4 Å². The first-order chi connectivity index (χ1) is 12.9. The fourth-order valence-corrected chi connectivity index (χ4v) is 4.35. The van der Waals surface area contributed by atoms with Crippen molar-refractivity contribution in [3.63, 3.8) is 0 Å². The smallest absolute Gasteiger partial charge is 0.247 e. The molecular formula is C22H31ClN2O2. The lowest BCUT2D eigenvalue weighted by Crippen LogP contribution is -2.50. The van der Waals surface area contributed by atoms with Gasteiger partial charge in [-0.15, -0.1) is 11.6 Å². The van der Waals surface area contributed by atoms with Crippen LogP contribution in [0.1, 0.15) is 63.1 Å². The highest BCUT2D eigenvalue weighted by atomic mass is 35.5. The van der Waals surface area contributed by atoms with Crippen molar-refractivity contribution in [3.8, 4) is 0 Å². The molecule has 0 unspecified atom stereocenters. The Morgan fingerprint density at radius 1 is 1.15 bits per heavy atom. The lowest BCUT2D eigenvalue weighted by Gasteiger charge is -2.37. The SMILES string of the molecule is Cc1ccc([C@H](C(=O)N[C@@H]2CCC[C@@H](C)[C@H]2C)N(C(=O)CCl)C2CC2)cc1. The van der Waals surface area contributed by atoms with Gasteiger partial charge in [0.05, 0.1) is 0 Å². The van der Waals surface area contributed by atoms with Crippen LogP contribution in [0.3, 0.4) is 0 Å². The van der Waals surface area contributed by atoms with E-state index in [2.05, 4.69) is 19.2 Å². The van der Waals surface area contributed by atoms with Crippen molar-refractivity contribution in [2.75, 3.05) is 5.88 Å². The molecule has 0 aromatic heterocycles. The van der Waals surface area contributed by atoms with Crippen molar-refractivity contribution in [1.82, 2.24) is 10.2 Å². The molecule has 0 aliphatic heterocycles. The van der Waals surface area contributed by atoms with E-state index in [-0.39, 0.29) is 29.8 Å². The molecule has 4 atom stereocenters. The molecule has 148 valence electrons. The van der Waals surface area contributed by atoms with Crippen molar-refractivity contribution >= 4 is 23.4 Å². The molecule has 0 bridgehead atoms. The van der Waals surface area contributed by atoms with Gasteiger partial charge in [0.2, 0.25) is 11.8 Å². The number of hydrogen-bond donors (Lipinski definition) is 1. The molecule has 2 aliphatic rings. The summed E-state index contributed by atoms with van der Waals surface area (Å²) in [6.07, 6.45) is 5.24. The molecule has 0 spiro atoms. The Kier molecular flexibility index (Phi) is 6.46. The first-order valence-corrected chi connectivity index (χ1v) is 10.7. The molecule has 1 aromatic rings. The van der Waals surface area contributed by atoms with Gasteiger partial charge < -0.3 is 10.2 Å². The zero-order chi connectivity index (χ0) is 19.6. The Morgan fingerprint density at radius 2 is 1.81 bits per heavy atom. The van der Waals surface area contributed by atoms with Crippen molar-refractivity contribution in [3.05, 3.63) is 35.4 Å². The molecule has 4 nitrogen and oxygen atoms in total. The lowest BCUT2D eigenvalue weighted by atomic mass is 9.78. The Balaban J connectivity index is 1.87. The van der Waals surface area contributed by atoms with Gasteiger partial charge in [0.1, 0.15) is 11.9 Å². The van der Waals surface area contributed by atoms with Gasteiger partial charge in [-0.3, -0.25) is 9.59 Å².